The number of ketones is 1. The number of nitrogens with one attached hydrogen (secondary N) is 2. The molecule has 11 nitrogen and oxygen atoms in total. The average Bonchev–Trinajstić information content (AvgIpc) is 3.55. The third-order valence-electron chi connectivity index (χ3n) is 10.7. The van der Waals surface area contributed by atoms with Gasteiger partial charge in [0.25, 0.3) is 0 Å². The molecule has 0 spiro atoms. The summed E-state index contributed by atoms with van der Waals surface area (Å²) in [6.07, 6.45) is 6.91. The smallest absolute Gasteiger partial charge is 0.250 e. The van der Waals surface area contributed by atoms with Crippen LogP contribution in [-0.2, 0) is 27.5 Å². The van der Waals surface area contributed by atoms with Gasteiger partial charge in [-0.25, -0.2) is 0 Å². The van der Waals surface area contributed by atoms with E-state index in [0.717, 1.165) is 24.8 Å². The largest absolute Gasteiger partial charge is 0.347 e. The molecule has 4 fully saturated rings. The number of benzene rings is 2. The molecule has 4 bridgehead atoms. The van der Waals surface area contributed by atoms with Crippen LogP contribution in [0.5, 0.6) is 0 Å². The summed E-state index contributed by atoms with van der Waals surface area (Å²) in [5, 5.41) is 17.0. The summed E-state index contributed by atoms with van der Waals surface area (Å²) in [7, 11) is 0. The Kier molecular flexibility index (Phi) is 8.12. The monoisotopic (exact) mass is 643 g/mol. The topological polar surface area (TPSA) is 141 Å². The first-order valence-corrected chi connectivity index (χ1v) is 16.5. The highest BCUT2D eigenvalue weighted by Crippen LogP contribution is 2.62. The zero-order chi connectivity index (χ0) is 32.0. The lowest BCUT2D eigenvalue weighted by Gasteiger charge is -2.58. The molecule has 2 N–H and O–H groups in total. The molecule has 8 rings (SSSR count). The summed E-state index contributed by atoms with van der Waals surface area (Å²) in [5.41, 5.74) is 1.38. The molecule has 2 aromatic carbocycles. The first kappa shape index (κ1) is 30.5. The van der Waals surface area contributed by atoms with E-state index in [-0.39, 0.29) is 42.4 Å². The Bertz CT molecular complexity index is 1620. The molecule has 5 aliphatic rings. The Labute approximate surface area is 272 Å². The van der Waals surface area contributed by atoms with Gasteiger partial charge in [0.15, 0.2) is 11.6 Å². The van der Waals surface area contributed by atoms with Crippen molar-refractivity contribution in [2.45, 2.75) is 83.5 Å². The van der Waals surface area contributed by atoms with Gasteiger partial charge >= 0.3 is 0 Å². The number of H-pyrrole nitrogens is 1. The number of nitrogens with zero attached hydrogens (tertiary/aromatic N) is 5. The number of tetrazole rings is 1. The predicted octanol–water partition coefficient (Wildman–Crippen LogP) is 4.48. The van der Waals surface area contributed by atoms with E-state index in [2.05, 4.69) is 25.9 Å². The second-order valence-corrected chi connectivity index (χ2v) is 14.2. The molecule has 3 amide bonds. The van der Waals surface area contributed by atoms with Gasteiger partial charge in [0.2, 0.25) is 17.7 Å². The molecule has 46 heavy (non-hydrogen) atoms. The summed E-state index contributed by atoms with van der Waals surface area (Å²) >= 11 is 6.61. The second-order valence-electron chi connectivity index (χ2n) is 13.8. The molecule has 0 saturated heterocycles. The molecule has 2 heterocycles. The van der Waals surface area contributed by atoms with Crippen LogP contribution in [0.2, 0.25) is 5.02 Å². The number of rotatable bonds is 7. The van der Waals surface area contributed by atoms with Crippen molar-refractivity contribution in [2.24, 2.45) is 23.2 Å². The number of fused-ring (bicyclic) bond motifs is 1. The number of hydrogen-bond acceptors (Lipinski definition) is 7. The van der Waals surface area contributed by atoms with Crippen LogP contribution in [0.15, 0.2) is 48.5 Å². The minimum atomic E-state index is -1.21. The van der Waals surface area contributed by atoms with E-state index >= 15 is 4.79 Å². The van der Waals surface area contributed by atoms with E-state index in [9.17, 15) is 14.4 Å². The second kappa shape index (κ2) is 12.2. The third kappa shape index (κ3) is 5.81. The number of halogens is 1. The summed E-state index contributed by atoms with van der Waals surface area (Å²) in [4.78, 5) is 60.1. The first-order chi connectivity index (χ1) is 22.2. The minimum Gasteiger partial charge on any atom is -0.347 e. The summed E-state index contributed by atoms with van der Waals surface area (Å²) in [6.45, 7) is 1.45. The summed E-state index contributed by atoms with van der Waals surface area (Å²) < 4.78 is 0. The fraction of sp³-hybridized carbons (Fsp3) is 0.500. The number of aromatic nitrogens is 4. The summed E-state index contributed by atoms with van der Waals surface area (Å²) in [5.74, 6) is 0.498. The quantitative estimate of drug-likeness (QED) is 0.387. The summed E-state index contributed by atoms with van der Waals surface area (Å²) in [6, 6.07) is 12.1. The predicted molar refractivity (Wildman–Crippen MR) is 169 cm³/mol. The molecular formula is C34H38ClN7O4. The fourth-order valence-electron chi connectivity index (χ4n) is 9.26. The standard InChI is InChI=1S/C34H38ClN7O4/c1-20(43)42-28(32(45)36-18-31-37-39-40-38-31)13-30(44)25-7-3-5-9-27(25)41(19-24-6-2-4-8-26(24)35)33(46)29(42)17-34-14-21-10-22(15-34)12-23(11-21)16-34/h2-9,21-23,28-29H,10-19H2,1H3,(H,36,45)(H,37,38,39,40)/t21?,22?,23?,28-,29+,34?/m0/s1. The third-order valence-corrected chi connectivity index (χ3v) is 11.0. The Morgan fingerprint density at radius 3 is 2.33 bits per heavy atom. The zero-order valence-corrected chi connectivity index (χ0v) is 26.6. The molecule has 12 heteroatoms. The minimum absolute atomic E-state index is 0.0470. The van der Waals surface area contributed by atoms with Crippen molar-refractivity contribution < 1.29 is 19.2 Å². The van der Waals surface area contributed by atoms with Crippen molar-refractivity contribution in [3.05, 3.63) is 70.5 Å². The van der Waals surface area contributed by atoms with Crippen molar-refractivity contribution in [3.8, 4) is 0 Å². The van der Waals surface area contributed by atoms with Gasteiger partial charge in [-0.15, -0.1) is 10.2 Å². The first-order valence-electron chi connectivity index (χ1n) is 16.2. The molecule has 0 radical (unpaired) electrons. The maximum absolute atomic E-state index is 15.2. The number of carbonyl (C=O) groups excluding carboxylic acids is 4. The van der Waals surface area contributed by atoms with Crippen LogP contribution in [0.3, 0.4) is 0 Å². The van der Waals surface area contributed by atoms with Crippen molar-refractivity contribution in [2.75, 3.05) is 4.90 Å². The highest BCUT2D eigenvalue weighted by atomic mass is 35.5. The van der Waals surface area contributed by atoms with Gasteiger partial charge in [-0.3, -0.25) is 19.2 Å². The van der Waals surface area contributed by atoms with Crippen LogP contribution in [0.1, 0.15) is 80.0 Å². The molecular weight excluding hydrogens is 606 g/mol. The van der Waals surface area contributed by atoms with E-state index in [1.54, 1.807) is 35.2 Å². The Morgan fingerprint density at radius 2 is 1.67 bits per heavy atom. The number of anilines is 1. The Hall–Kier alpha value is -4.12. The van der Waals surface area contributed by atoms with E-state index in [1.165, 1.54) is 31.1 Å². The number of hydrogen-bond donors (Lipinski definition) is 2. The molecule has 0 unspecified atom stereocenters. The maximum Gasteiger partial charge on any atom is 0.250 e. The van der Waals surface area contributed by atoms with Gasteiger partial charge in [0, 0.05) is 23.9 Å². The molecule has 3 aromatic rings. The van der Waals surface area contributed by atoms with Crippen LogP contribution in [0.4, 0.5) is 5.69 Å². The fourth-order valence-corrected chi connectivity index (χ4v) is 9.45. The SMILES string of the molecule is CC(=O)N1[C@H](CC23CC4CC(CC(C4)C2)C3)C(=O)N(Cc2ccccc2Cl)c2ccccc2C(=O)C[C@H]1C(=O)NCc1nn[nH]n1. The van der Waals surface area contributed by atoms with Crippen LogP contribution >= 0.6 is 11.6 Å². The van der Waals surface area contributed by atoms with Gasteiger partial charge in [-0.05, 0) is 91.9 Å². The van der Waals surface area contributed by atoms with Gasteiger partial charge < -0.3 is 15.1 Å². The lowest BCUT2D eigenvalue weighted by atomic mass is 9.48. The van der Waals surface area contributed by atoms with Crippen molar-refractivity contribution in [1.29, 1.82) is 0 Å². The number of para-hydroxylation sites is 1. The van der Waals surface area contributed by atoms with Crippen molar-refractivity contribution >= 4 is 40.8 Å². The van der Waals surface area contributed by atoms with Crippen LogP contribution in [0, 0.1) is 23.2 Å². The number of amides is 3. The lowest BCUT2D eigenvalue weighted by Crippen LogP contribution is -2.60. The zero-order valence-electron chi connectivity index (χ0n) is 25.8. The van der Waals surface area contributed by atoms with E-state index < -0.39 is 23.9 Å². The van der Waals surface area contributed by atoms with E-state index in [1.807, 2.05) is 18.2 Å². The van der Waals surface area contributed by atoms with Gasteiger partial charge in [0.05, 0.1) is 18.8 Å². The van der Waals surface area contributed by atoms with E-state index in [0.29, 0.717) is 40.4 Å². The van der Waals surface area contributed by atoms with Gasteiger partial charge in [-0.1, -0.05) is 47.1 Å². The molecule has 4 aliphatic carbocycles. The van der Waals surface area contributed by atoms with Crippen LogP contribution in [-0.4, -0.2) is 61.1 Å². The van der Waals surface area contributed by atoms with Gasteiger partial charge in [0.1, 0.15) is 12.1 Å². The number of aromatic amines is 1. The highest BCUT2D eigenvalue weighted by molar-refractivity contribution is 6.31. The molecule has 4 saturated carbocycles. The molecule has 240 valence electrons. The van der Waals surface area contributed by atoms with Crippen LogP contribution in [0.25, 0.3) is 0 Å². The maximum atomic E-state index is 15.2. The highest BCUT2D eigenvalue weighted by Gasteiger charge is 2.54. The number of carbonyl (C=O) groups is 4. The van der Waals surface area contributed by atoms with Gasteiger partial charge in [-0.2, -0.15) is 5.21 Å². The van der Waals surface area contributed by atoms with E-state index in [4.69, 9.17) is 11.6 Å². The van der Waals surface area contributed by atoms with Crippen LogP contribution < -0.4 is 10.2 Å². The van der Waals surface area contributed by atoms with Crippen molar-refractivity contribution in [3.63, 3.8) is 0 Å². The average molecular weight is 644 g/mol. The normalized spacial score (nSPS) is 28.8. The molecule has 2 atom stereocenters. The molecule has 1 aliphatic heterocycles. The lowest BCUT2D eigenvalue weighted by molar-refractivity contribution is -0.149. The van der Waals surface area contributed by atoms with Crippen molar-refractivity contribution in [1.82, 2.24) is 30.8 Å². The number of Topliss-reactive ketones (excluding diaryl/α,β-unsaturated/α-hetero) is 1. The molecule has 1 aromatic heterocycles. The Morgan fingerprint density at radius 1 is 1.00 bits per heavy atom. The Balaban J connectivity index is 1.33.